The number of hydrogen-bond donors (Lipinski definition) is 1. The molecular formula is C11H13BrO3. The molecule has 0 saturated carbocycles. The van der Waals surface area contributed by atoms with E-state index in [0.29, 0.717) is 29.2 Å². The predicted molar refractivity (Wildman–Crippen MR) is 60.9 cm³/mol. The van der Waals surface area contributed by atoms with Crippen LogP contribution in [-0.2, 0) is 0 Å². The maximum Gasteiger partial charge on any atom is 0.179 e. The third kappa shape index (κ3) is 1.78. The van der Waals surface area contributed by atoms with Crippen molar-refractivity contribution in [1.82, 2.24) is 0 Å². The monoisotopic (exact) mass is 272 g/mol. The Morgan fingerprint density at radius 1 is 1.33 bits per heavy atom. The highest BCUT2D eigenvalue weighted by Crippen LogP contribution is 2.46. The molecule has 0 amide bonds. The molecule has 0 aromatic heterocycles. The fourth-order valence-corrected chi connectivity index (χ4v) is 2.13. The lowest BCUT2D eigenvalue weighted by atomic mass is 10.0. The van der Waals surface area contributed by atoms with Gasteiger partial charge < -0.3 is 14.6 Å². The number of ether oxygens (including phenoxy) is 2. The Balaban J connectivity index is 2.57. The number of halogens is 1. The highest BCUT2D eigenvalue weighted by Gasteiger charge is 2.22. The first-order chi connectivity index (χ1) is 7.11. The molecule has 2 rings (SSSR count). The van der Waals surface area contributed by atoms with Crippen molar-refractivity contribution >= 4 is 15.9 Å². The van der Waals surface area contributed by atoms with Gasteiger partial charge in [-0.05, 0) is 27.9 Å². The fraction of sp³-hybridized carbons (Fsp3) is 0.455. The molecule has 0 unspecified atom stereocenters. The summed E-state index contributed by atoms with van der Waals surface area (Å²) in [6.07, 6.45) is 0. The summed E-state index contributed by atoms with van der Waals surface area (Å²) >= 11 is 3.33. The van der Waals surface area contributed by atoms with E-state index in [2.05, 4.69) is 15.9 Å². The van der Waals surface area contributed by atoms with Crippen LogP contribution in [0.15, 0.2) is 10.5 Å². The van der Waals surface area contributed by atoms with Gasteiger partial charge in [-0.1, -0.05) is 13.8 Å². The van der Waals surface area contributed by atoms with Crippen molar-refractivity contribution in [3.05, 3.63) is 16.1 Å². The Kier molecular flexibility index (Phi) is 2.78. The maximum atomic E-state index is 9.94. The molecule has 0 radical (unpaired) electrons. The van der Waals surface area contributed by atoms with Crippen LogP contribution in [0.2, 0.25) is 0 Å². The summed E-state index contributed by atoms with van der Waals surface area (Å²) in [4.78, 5) is 0. The van der Waals surface area contributed by atoms with Crippen molar-refractivity contribution in [1.29, 1.82) is 0 Å². The lowest BCUT2D eigenvalue weighted by molar-refractivity contribution is 0.169. The van der Waals surface area contributed by atoms with Gasteiger partial charge in [-0.2, -0.15) is 0 Å². The molecule has 0 aliphatic carbocycles. The van der Waals surface area contributed by atoms with Crippen LogP contribution in [0.4, 0.5) is 0 Å². The summed E-state index contributed by atoms with van der Waals surface area (Å²) in [5.74, 6) is 1.80. The highest BCUT2D eigenvalue weighted by atomic mass is 79.9. The molecule has 1 aliphatic rings. The average molecular weight is 273 g/mol. The Hall–Kier alpha value is -0.900. The average Bonchev–Trinajstić information content (AvgIpc) is 2.23. The van der Waals surface area contributed by atoms with Gasteiger partial charge in [0.15, 0.2) is 11.5 Å². The van der Waals surface area contributed by atoms with Crippen LogP contribution in [0.3, 0.4) is 0 Å². The molecule has 1 N–H and O–H groups in total. The van der Waals surface area contributed by atoms with E-state index >= 15 is 0 Å². The topological polar surface area (TPSA) is 38.7 Å². The number of benzene rings is 1. The van der Waals surface area contributed by atoms with Gasteiger partial charge in [0.2, 0.25) is 0 Å². The molecule has 0 spiro atoms. The Morgan fingerprint density at radius 3 is 2.67 bits per heavy atom. The maximum absolute atomic E-state index is 9.94. The minimum Gasteiger partial charge on any atom is -0.506 e. The number of hydrogen-bond acceptors (Lipinski definition) is 3. The van der Waals surface area contributed by atoms with E-state index in [1.165, 1.54) is 0 Å². The van der Waals surface area contributed by atoms with Crippen molar-refractivity contribution in [3.8, 4) is 17.2 Å². The first kappa shape index (κ1) is 10.6. The highest BCUT2D eigenvalue weighted by molar-refractivity contribution is 9.10. The summed E-state index contributed by atoms with van der Waals surface area (Å²) in [5.41, 5.74) is 0.867. The molecule has 1 heterocycles. The molecule has 0 saturated heterocycles. The first-order valence-electron chi connectivity index (χ1n) is 4.92. The number of fused-ring (bicyclic) bond motifs is 1. The molecule has 15 heavy (non-hydrogen) atoms. The minimum atomic E-state index is 0.245. The molecule has 0 bridgehead atoms. The summed E-state index contributed by atoms with van der Waals surface area (Å²) in [5, 5.41) is 9.94. The zero-order chi connectivity index (χ0) is 11.0. The van der Waals surface area contributed by atoms with Crippen LogP contribution in [0, 0.1) is 0 Å². The molecule has 1 aromatic rings. The molecule has 4 heteroatoms. The zero-order valence-electron chi connectivity index (χ0n) is 8.71. The smallest absolute Gasteiger partial charge is 0.179 e. The van der Waals surface area contributed by atoms with Gasteiger partial charge in [0.1, 0.15) is 23.4 Å². The largest absolute Gasteiger partial charge is 0.506 e. The summed E-state index contributed by atoms with van der Waals surface area (Å²) in [6.45, 7) is 5.13. The standard InChI is InChI=1S/C11H13BrO3/c1-6(2)7-5-8-11(9(12)10(7)13)15-4-3-14-8/h5-6,13H,3-4H2,1-2H3. The minimum absolute atomic E-state index is 0.245. The number of rotatable bonds is 1. The molecule has 0 atom stereocenters. The van der Waals surface area contributed by atoms with Gasteiger partial charge in [0, 0.05) is 5.56 Å². The zero-order valence-corrected chi connectivity index (χ0v) is 10.3. The van der Waals surface area contributed by atoms with E-state index in [-0.39, 0.29) is 11.7 Å². The van der Waals surface area contributed by atoms with Crippen LogP contribution in [0.5, 0.6) is 17.2 Å². The second kappa shape index (κ2) is 3.93. The molecule has 3 nitrogen and oxygen atoms in total. The fourth-order valence-electron chi connectivity index (χ4n) is 1.59. The number of phenols is 1. The number of phenolic OH excluding ortho intramolecular Hbond substituents is 1. The SMILES string of the molecule is CC(C)c1cc2c(c(Br)c1O)OCCO2. The second-order valence-electron chi connectivity index (χ2n) is 3.81. The molecule has 0 fully saturated rings. The predicted octanol–water partition coefficient (Wildman–Crippen LogP) is 3.05. The van der Waals surface area contributed by atoms with Crippen molar-refractivity contribution in [2.24, 2.45) is 0 Å². The quantitative estimate of drug-likeness (QED) is 0.854. The van der Waals surface area contributed by atoms with Crippen LogP contribution in [0.1, 0.15) is 25.3 Å². The van der Waals surface area contributed by atoms with Crippen LogP contribution in [-0.4, -0.2) is 18.3 Å². The lowest BCUT2D eigenvalue weighted by Gasteiger charge is -2.22. The molecule has 1 aliphatic heterocycles. The summed E-state index contributed by atoms with van der Waals surface area (Å²) in [7, 11) is 0. The lowest BCUT2D eigenvalue weighted by Crippen LogP contribution is -2.16. The van der Waals surface area contributed by atoms with E-state index < -0.39 is 0 Å². The van der Waals surface area contributed by atoms with Crippen molar-refractivity contribution < 1.29 is 14.6 Å². The Labute approximate surface area is 97.1 Å². The summed E-state index contributed by atoms with van der Waals surface area (Å²) in [6, 6.07) is 1.85. The Morgan fingerprint density at radius 2 is 2.00 bits per heavy atom. The Bertz CT molecular complexity index is 388. The van der Waals surface area contributed by atoms with Gasteiger partial charge >= 0.3 is 0 Å². The van der Waals surface area contributed by atoms with Gasteiger partial charge in [-0.3, -0.25) is 0 Å². The van der Waals surface area contributed by atoms with Crippen molar-refractivity contribution in [2.75, 3.05) is 13.2 Å². The van der Waals surface area contributed by atoms with E-state index in [1.54, 1.807) is 0 Å². The van der Waals surface area contributed by atoms with Crippen LogP contribution >= 0.6 is 15.9 Å². The first-order valence-corrected chi connectivity index (χ1v) is 5.71. The molecule has 1 aromatic carbocycles. The van der Waals surface area contributed by atoms with Gasteiger partial charge in [0.05, 0.1) is 0 Å². The van der Waals surface area contributed by atoms with E-state index in [4.69, 9.17) is 9.47 Å². The van der Waals surface area contributed by atoms with Gasteiger partial charge in [-0.15, -0.1) is 0 Å². The van der Waals surface area contributed by atoms with E-state index in [9.17, 15) is 5.11 Å². The third-order valence-electron chi connectivity index (χ3n) is 2.40. The van der Waals surface area contributed by atoms with Gasteiger partial charge in [-0.25, -0.2) is 0 Å². The normalized spacial score (nSPS) is 14.4. The third-order valence-corrected chi connectivity index (χ3v) is 3.14. The van der Waals surface area contributed by atoms with Crippen molar-refractivity contribution in [2.45, 2.75) is 19.8 Å². The van der Waals surface area contributed by atoms with Crippen LogP contribution in [0.25, 0.3) is 0 Å². The molecular weight excluding hydrogens is 260 g/mol. The second-order valence-corrected chi connectivity index (χ2v) is 4.60. The van der Waals surface area contributed by atoms with E-state index in [0.717, 1.165) is 5.56 Å². The van der Waals surface area contributed by atoms with E-state index in [1.807, 2.05) is 19.9 Å². The van der Waals surface area contributed by atoms with Crippen LogP contribution < -0.4 is 9.47 Å². The molecule has 82 valence electrons. The summed E-state index contributed by atoms with van der Waals surface area (Å²) < 4.78 is 11.5. The number of aromatic hydroxyl groups is 1. The van der Waals surface area contributed by atoms with Crippen molar-refractivity contribution in [3.63, 3.8) is 0 Å². The van der Waals surface area contributed by atoms with Gasteiger partial charge in [0.25, 0.3) is 0 Å².